The van der Waals surface area contributed by atoms with Crippen molar-refractivity contribution in [3.63, 3.8) is 0 Å². The number of aromatic nitrogens is 1. The van der Waals surface area contributed by atoms with E-state index in [1.54, 1.807) is 30.6 Å². The van der Waals surface area contributed by atoms with Gasteiger partial charge in [-0.1, -0.05) is 12.1 Å². The smallest absolute Gasteiger partial charge is 0.265 e. The van der Waals surface area contributed by atoms with Gasteiger partial charge in [-0.3, -0.25) is 4.98 Å². The molecule has 0 saturated heterocycles. The Kier molecular flexibility index (Phi) is 2.88. The number of nitrogens with zero attached hydrogens (tertiary/aromatic N) is 1. The monoisotopic (exact) mass is 237 g/mol. The van der Waals surface area contributed by atoms with Crippen molar-refractivity contribution in [2.24, 2.45) is 0 Å². The van der Waals surface area contributed by atoms with Crippen LogP contribution in [0.4, 0.5) is 13.2 Å². The van der Waals surface area contributed by atoms with Crippen molar-refractivity contribution in [3.8, 4) is 11.1 Å². The molecule has 4 heteroatoms. The molecule has 0 aliphatic heterocycles. The Bertz CT molecular complexity index is 518. The minimum Gasteiger partial charge on any atom is -0.265 e. The van der Waals surface area contributed by atoms with E-state index >= 15 is 0 Å². The fourth-order valence-corrected chi connectivity index (χ4v) is 1.65. The number of alkyl halides is 3. The van der Waals surface area contributed by atoms with Crippen molar-refractivity contribution in [3.05, 3.63) is 53.9 Å². The van der Waals surface area contributed by atoms with Crippen LogP contribution in [0.3, 0.4) is 0 Å². The molecule has 0 atom stereocenters. The number of pyridine rings is 1. The summed E-state index contributed by atoms with van der Waals surface area (Å²) in [6.07, 6.45) is -1.20. The molecule has 0 N–H and O–H groups in total. The van der Waals surface area contributed by atoms with Crippen LogP contribution >= 0.6 is 0 Å². The van der Waals surface area contributed by atoms with E-state index < -0.39 is 11.7 Å². The van der Waals surface area contributed by atoms with E-state index in [-0.39, 0.29) is 5.56 Å². The predicted molar refractivity (Wildman–Crippen MR) is 59.4 cm³/mol. The molecule has 2 aromatic rings. The highest BCUT2D eigenvalue weighted by molar-refractivity contribution is 5.64. The fraction of sp³-hybridized carbons (Fsp3) is 0.154. The van der Waals surface area contributed by atoms with Crippen molar-refractivity contribution < 1.29 is 13.2 Å². The second-order valence-corrected chi connectivity index (χ2v) is 3.76. The lowest BCUT2D eigenvalue weighted by molar-refractivity contribution is -0.138. The summed E-state index contributed by atoms with van der Waals surface area (Å²) in [5.41, 5.74) is 0.915. The van der Waals surface area contributed by atoms with Crippen LogP contribution in [0.25, 0.3) is 11.1 Å². The van der Waals surface area contributed by atoms with Crippen LogP contribution in [0.15, 0.2) is 42.7 Å². The van der Waals surface area contributed by atoms with Crippen molar-refractivity contribution in [2.75, 3.05) is 0 Å². The zero-order chi connectivity index (χ0) is 12.5. The highest BCUT2D eigenvalue weighted by atomic mass is 19.4. The van der Waals surface area contributed by atoms with Gasteiger partial charge < -0.3 is 0 Å². The topological polar surface area (TPSA) is 12.9 Å². The van der Waals surface area contributed by atoms with Gasteiger partial charge in [-0.15, -0.1) is 0 Å². The molecule has 1 nitrogen and oxygen atoms in total. The zero-order valence-electron chi connectivity index (χ0n) is 9.12. The first-order chi connectivity index (χ1) is 7.98. The molecular weight excluding hydrogens is 227 g/mol. The Morgan fingerprint density at radius 1 is 0.941 bits per heavy atom. The van der Waals surface area contributed by atoms with E-state index in [9.17, 15) is 13.2 Å². The number of aryl methyl sites for hydroxylation is 1. The van der Waals surface area contributed by atoms with Crippen molar-refractivity contribution in [1.82, 2.24) is 4.98 Å². The van der Waals surface area contributed by atoms with Gasteiger partial charge in [-0.2, -0.15) is 13.2 Å². The maximum Gasteiger partial charge on any atom is 0.416 e. The summed E-state index contributed by atoms with van der Waals surface area (Å²) in [5, 5.41) is 0. The number of halogens is 3. The van der Waals surface area contributed by atoms with Crippen molar-refractivity contribution in [2.45, 2.75) is 13.1 Å². The maximum atomic E-state index is 12.7. The highest BCUT2D eigenvalue weighted by Crippen LogP contribution is 2.34. The van der Waals surface area contributed by atoms with Gasteiger partial charge in [0.15, 0.2) is 0 Å². The number of hydrogen-bond acceptors (Lipinski definition) is 1. The van der Waals surface area contributed by atoms with Gasteiger partial charge in [0.05, 0.1) is 5.56 Å². The standard InChI is InChI=1S/C13H10F3N/c1-9-2-3-11(8-12(9)13(14,15)16)10-4-6-17-7-5-10/h2-8H,1H3. The van der Waals surface area contributed by atoms with Gasteiger partial charge in [0.25, 0.3) is 0 Å². The van der Waals surface area contributed by atoms with E-state index in [1.165, 1.54) is 19.1 Å². The molecule has 0 aliphatic rings. The third-order valence-corrected chi connectivity index (χ3v) is 2.56. The average Bonchev–Trinajstić information content (AvgIpc) is 2.29. The quantitative estimate of drug-likeness (QED) is 0.728. The summed E-state index contributed by atoms with van der Waals surface area (Å²) >= 11 is 0. The lowest BCUT2D eigenvalue weighted by Gasteiger charge is -2.12. The summed E-state index contributed by atoms with van der Waals surface area (Å²) in [6, 6.07) is 7.71. The SMILES string of the molecule is Cc1ccc(-c2ccncc2)cc1C(F)(F)F. The molecule has 88 valence electrons. The van der Waals surface area contributed by atoms with Crippen molar-refractivity contribution >= 4 is 0 Å². The van der Waals surface area contributed by atoms with Gasteiger partial charge in [-0.25, -0.2) is 0 Å². The van der Waals surface area contributed by atoms with E-state index in [2.05, 4.69) is 4.98 Å². The minimum absolute atomic E-state index is 0.232. The summed E-state index contributed by atoms with van der Waals surface area (Å²) in [6.45, 7) is 1.46. The van der Waals surface area contributed by atoms with Crippen LogP contribution in [-0.2, 0) is 6.18 Å². The summed E-state index contributed by atoms with van der Waals surface area (Å²) in [4.78, 5) is 3.84. The van der Waals surface area contributed by atoms with E-state index in [0.717, 1.165) is 5.56 Å². The van der Waals surface area contributed by atoms with Gasteiger partial charge in [0.2, 0.25) is 0 Å². The largest absolute Gasteiger partial charge is 0.416 e. The highest BCUT2D eigenvalue weighted by Gasteiger charge is 2.32. The Morgan fingerprint density at radius 3 is 2.18 bits per heavy atom. The Morgan fingerprint density at radius 2 is 1.59 bits per heavy atom. The lowest BCUT2D eigenvalue weighted by atomic mass is 10.0. The first-order valence-electron chi connectivity index (χ1n) is 5.07. The Labute approximate surface area is 96.9 Å². The second-order valence-electron chi connectivity index (χ2n) is 3.76. The van der Waals surface area contributed by atoms with Crippen LogP contribution in [0.2, 0.25) is 0 Å². The second kappa shape index (κ2) is 4.20. The number of hydrogen-bond donors (Lipinski definition) is 0. The molecule has 17 heavy (non-hydrogen) atoms. The molecule has 0 radical (unpaired) electrons. The summed E-state index contributed by atoms with van der Waals surface area (Å²) < 4.78 is 38.2. The molecule has 0 bridgehead atoms. The lowest BCUT2D eigenvalue weighted by Crippen LogP contribution is -2.07. The first-order valence-corrected chi connectivity index (χ1v) is 5.07. The number of rotatable bonds is 1. The Hall–Kier alpha value is -1.84. The first kappa shape index (κ1) is 11.6. The fourth-order valence-electron chi connectivity index (χ4n) is 1.65. The zero-order valence-corrected chi connectivity index (χ0v) is 9.12. The van der Waals surface area contributed by atoms with Crippen LogP contribution < -0.4 is 0 Å². The molecule has 1 aromatic carbocycles. The molecule has 1 heterocycles. The normalized spacial score (nSPS) is 11.5. The maximum absolute atomic E-state index is 12.7. The molecule has 1 aromatic heterocycles. The van der Waals surface area contributed by atoms with Gasteiger partial charge in [0.1, 0.15) is 0 Å². The van der Waals surface area contributed by atoms with Crippen LogP contribution in [0, 0.1) is 6.92 Å². The van der Waals surface area contributed by atoms with Crippen LogP contribution in [0.5, 0.6) is 0 Å². The van der Waals surface area contributed by atoms with E-state index in [4.69, 9.17) is 0 Å². The molecule has 0 aliphatic carbocycles. The molecular formula is C13H10F3N. The summed E-state index contributed by atoms with van der Waals surface area (Å²) in [5.74, 6) is 0. The minimum atomic E-state index is -4.31. The third-order valence-electron chi connectivity index (χ3n) is 2.56. The van der Waals surface area contributed by atoms with Crippen molar-refractivity contribution in [1.29, 1.82) is 0 Å². The van der Waals surface area contributed by atoms with Crippen LogP contribution in [-0.4, -0.2) is 4.98 Å². The third kappa shape index (κ3) is 2.46. The molecule has 0 saturated carbocycles. The van der Waals surface area contributed by atoms with Gasteiger partial charge >= 0.3 is 6.18 Å². The molecule has 0 unspecified atom stereocenters. The molecule has 0 spiro atoms. The molecule has 2 rings (SSSR count). The molecule has 0 fully saturated rings. The van der Waals surface area contributed by atoms with E-state index in [1.807, 2.05) is 0 Å². The van der Waals surface area contributed by atoms with Gasteiger partial charge in [-0.05, 0) is 41.8 Å². The van der Waals surface area contributed by atoms with Gasteiger partial charge in [0, 0.05) is 12.4 Å². The van der Waals surface area contributed by atoms with E-state index in [0.29, 0.717) is 5.56 Å². The summed E-state index contributed by atoms with van der Waals surface area (Å²) in [7, 11) is 0. The number of benzene rings is 1. The Balaban J connectivity index is 2.53. The average molecular weight is 237 g/mol. The van der Waals surface area contributed by atoms with Crippen LogP contribution in [0.1, 0.15) is 11.1 Å². The molecule has 0 amide bonds. The predicted octanol–water partition coefficient (Wildman–Crippen LogP) is 4.08.